The first-order valence-electron chi connectivity index (χ1n) is 6.29. The van der Waals surface area contributed by atoms with E-state index in [0.29, 0.717) is 11.5 Å². The van der Waals surface area contributed by atoms with E-state index in [1.807, 2.05) is 35.8 Å². The van der Waals surface area contributed by atoms with Crippen LogP contribution in [0.15, 0.2) is 42.6 Å². The van der Waals surface area contributed by atoms with Crippen LogP contribution >= 0.6 is 0 Å². The Bertz CT molecular complexity index is 798. The molecule has 1 unspecified atom stereocenters. The number of benzene rings is 1. The fourth-order valence-corrected chi connectivity index (χ4v) is 2.34. The number of rotatable bonds is 2. The van der Waals surface area contributed by atoms with Crippen molar-refractivity contribution in [2.75, 3.05) is 5.73 Å². The van der Waals surface area contributed by atoms with Crippen LogP contribution in [0.2, 0.25) is 0 Å². The van der Waals surface area contributed by atoms with Crippen LogP contribution in [0.5, 0.6) is 0 Å². The summed E-state index contributed by atoms with van der Waals surface area (Å²) in [5.41, 5.74) is 9.15. The van der Waals surface area contributed by atoms with E-state index in [4.69, 9.17) is 11.0 Å². The van der Waals surface area contributed by atoms with Crippen molar-refractivity contribution in [3.05, 3.63) is 53.9 Å². The number of fused-ring (bicyclic) bond motifs is 1. The van der Waals surface area contributed by atoms with Gasteiger partial charge in [-0.3, -0.25) is 4.98 Å². The Balaban J connectivity index is 2.20. The molecule has 2 N–H and O–H groups in total. The van der Waals surface area contributed by atoms with Gasteiger partial charge in [-0.1, -0.05) is 6.07 Å². The van der Waals surface area contributed by atoms with Crippen molar-refractivity contribution < 1.29 is 0 Å². The predicted molar refractivity (Wildman–Crippen MR) is 76.9 cm³/mol. The Morgan fingerprint density at radius 1 is 1.30 bits per heavy atom. The number of nitrogens with zero attached hydrogens (tertiary/aromatic N) is 4. The van der Waals surface area contributed by atoms with E-state index in [1.165, 1.54) is 0 Å². The number of hydrogen-bond acceptors (Lipinski definition) is 4. The lowest BCUT2D eigenvalue weighted by atomic mass is 10.2. The molecule has 3 rings (SSSR count). The molecule has 0 aliphatic carbocycles. The van der Waals surface area contributed by atoms with Gasteiger partial charge in [0, 0.05) is 6.20 Å². The number of pyridine rings is 1. The number of nitriles is 1. The lowest BCUT2D eigenvalue weighted by Crippen LogP contribution is -2.11. The highest BCUT2D eigenvalue weighted by Crippen LogP contribution is 2.26. The van der Waals surface area contributed by atoms with Crippen LogP contribution in [0.1, 0.15) is 24.2 Å². The van der Waals surface area contributed by atoms with Crippen molar-refractivity contribution in [3.63, 3.8) is 0 Å². The monoisotopic (exact) mass is 263 g/mol. The van der Waals surface area contributed by atoms with Gasteiger partial charge in [0.25, 0.3) is 0 Å². The second-order valence-corrected chi connectivity index (χ2v) is 4.59. The summed E-state index contributed by atoms with van der Waals surface area (Å²) in [6.45, 7) is 2.01. The molecule has 98 valence electrons. The molecule has 0 fully saturated rings. The van der Waals surface area contributed by atoms with Gasteiger partial charge in [-0.2, -0.15) is 5.26 Å². The number of nitrogens with two attached hydrogens (primary N) is 1. The van der Waals surface area contributed by atoms with Gasteiger partial charge >= 0.3 is 0 Å². The SMILES string of the molecule is CC(c1ccccn1)n1c(N)nc2ccc(C#N)cc21. The largest absolute Gasteiger partial charge is 0.369 e. The molecule has 1 atom stereocenters. The standard InChI is InChI=1S/C15H13N5/c1-10(12-4-2-3-7-18-12)20-14-8-11(9-16)5-6-13(14)19-15(20)17/h2-8,10H,1H3,(H2,17,19). The number of imidazole rings is 1. The Hall–Kier alpha value is -2.87. The minimum absolute atomic E-state index is 0.0462. The normalized spacial score (nSPS) is 12.2. The zero-order valence-corrected chi connectivity index (χ0v) is 11.0. The van der Waals surface area contributed by atoms with Crippen LogP contribution in [0.4, 0.5) is 5.95 Å². The first-order valence-corrected chi connectivity index (χ1v) is 6.29. The molecular formula is C15H13N5. The summed E-state index contributed by atoms with van der Waals surface area (Å²) < 4.78 is 1.90. The van der Waals surface area contributed by atoms with Crippen molar-refractivity contribution in [2.24, 2.45) is 0 Å². The zero-order chi connectivity index (χ0) is 14.1. The fraction of sp³-hybridized carbons (Fsp3) is 0.133. The maximum Gasteiger partial charge on any atom is 0.201 e. The van der Waals surface area contributed by atoms with E-state index in [1.54, 1.807) is 18.3 Å². The topological polar surface area (TPSA) is 80.5 Å². The van der Waals surface area contributed by atoms with E-state index in [9.17, 15) is 0 Å². The molecule has 2 aromatic heterocycles. The quantitative estimate of drug-likeness (QED) is 0.770. The third kappa shape index (κ3) is 1.88. The van der Waals surface area contributed by atoms with Gasteiger partial charge in [-0.15, -0.1) is 0 Å². The van der Waals surface area contributed by atoms with Crippen molar-refractivity contribution in [3.8, 4) is 6.07 Å². The highest BCUT2D eigenvalue weighted by Gasteiger charge is 2.16. The maximum absolute atomic E-state index is 9.03. The van der Waals surface area contributed by atoms with Crippen LogP contribution < -0.4 is 5.73 Å². The molecule has 5 nitrogen and oxygen atoms in total. The van der Waals surface area contributed by atoms with Crippen molar-refractivity contribution in [1.29, 1.82) is 5.26 Å². The smallest absolute Gasteiger partial charge is 0.201 e. The van der Waals surface area contributed by atoms with Crippen molar-refractivity contribution >= 4 is 17.0 Å². The minimum atomic E-state index is -0.0462. The first kappa shape index (κ1) is 12.2. The van der Waals surface area contributed by atoms with Gasteiger partial charge in [0.05, 0.1) is 34.4 Å². The summed E-state index contributed by atoms with van der Waals surface area (Å²) in [6.07, 6.45) is 1.75. The predicted octanol–water partition coefficient (Wildman–Crippen LogP) is 2.49. The maximum atomic E-state index is 9.03. The molecule has 2 heterocycles. The number of hydrogen-bond donors (Lipinski definition) is 1. The second-order valence-electron chi connectivity index (χ2n) is 4.59. The highest BCUT2D eigenvalue weighted by molar-refractivity contribution is 5.80. The molecule has 20 heavy (non-hydrogen) atoms. The molecule has 0 radical (unpaired) electrons. The summed E-state index contributed by atoms with van der Waals surface area (Å²) in [5, 5.41) is 9.03. The Labute approximate surface area is 116 Å². The molecular weight excluding hydrogens is 250 g/mol. The molecule has 0 spiro atoms. The van der Waals surface area contributed by atoms with E-state index in [-0.39, 0.29) is 6.04 Å². The summed E-state index contributed by atoms with van der Waals surface area (Å²) in [7, 11) is 0. The molecule has 0 saturated heterocycles. The zero-order valence-electron chi connectivity index (χ0n) is 11.0. The number of nitrogen functional groups attached to an aromatic ring is 1. The molecule has 0 bridgehead atoms. The van der Waals surface area contributed by atoms with Gasteiger partial charge in [0.1, 0.15) is 0 Å². The summed E-state index contributed by atoms with van der Waals surface area (Å²) in [5.74, 6) is 0.424. The van der Waals surface area contributed by atoms with Crippen molar-refractivity contribution in [1.82, 2.24) is 14.5 Å². The Morgan fingerprint density at radius 2 is 2.15 bits per heavy atom. The van der Waals surface area contributed by atoms with E-state index in [2.05, 4.69) is 16.0 Å². The molecule has 1 aromatic carbocycles. The second kappa shape index (κ2) is 4.67. The van der Waals surface area contributed by atoms with Crippen molar-refractivity contribution in [2.45, 2.75) is 13.0 Å². The molecule has 0 amide bonds. The lowest BCUT2D eigenvalue weighted by molar-refractivity contribution is 0.647. The van der Waals surface area contributed by atoms with Crippen LogP contribution in [-0.2, 0) is 0 Å². The van der Waals surface area contributed by atoms with Crippen LogP contribution in [0.25, 0.3) is 11.0 Å². The first-order chi connectivity index (χ1) is 9.70. The molecule has 0 aliphatic heterocycles. The van der Waals surface area contributed by atoms with Gasteiger partial charge in [0.2, 0.25) is 5.95 Å². The summed E-state index contributed by atoms with van der Waals surface area (Å²) in [4.78, 5) is 8.69. The molecule has 0 saturated carbocycles. The van der Waals surface area contributed by atoms with Gasteiger partial charge in [-0.25, -0.2) is 4.98 Å². The summed E-state index contributed by atoms with van der Waals surface area (Å²) >= 11 is 0. The number of anilines is 1. The van der Waals surface area contributed by atoms with Crippen LogP contribution in [-0.4, -0.2) is 14.5 Å². The molecule has 0 aliphatic rings. The molecule has 3 aromatic rings. The van der Waals surface area contributed by atoms with E-state index in [0.717, 1.165) is 16.7 Å². The Kier molecular flexibility index (Phi) is 2.84. The van der Waals surface area contributed by atoms with Gasteiger partial charge in [-0.05, 0) is 37.3 Å². The highest BCUT2D eigenvalue weighted by atomic mass is 15.2. The summed E-state index contributed by atoms with van der Waals surface area (Å²) in [6, 6.07) is 13.2. The Morgan fingerprint density at radius 3 is 2.85 bits per heavy atom. The average Bonchev–Trinajstić information content (AvgIpc) is 2.82. The van der Waals surface area contributed by atoms with Crippen LogP contribution in [0, 0.1) is 11.3 Å². The average molecular weight is 263 g/mol. The van der Waals surface area contributed by atoms with E-state index < -0.39 is 0 Å². The van der Waals surface area contributed by atoms with Gasteiger partial charge in [0.15, 0.2) is 0 Å². The number of aromatic nitrogens is 3. The lowest BCUT2D eigenvalue weighted by Gasteiger charge is -2.15. The fourth-order valence-electron chi connectivity index (χ4n) is 2.34. The third-order valence-electron chi connectivity index (χ3n) is 3.35. The van der Waals surface area contributed by atoms with E-state index >= 15 is 0 Å². The van der Waals surface area contributed by atoms with Gasteiger partial charge < -0.3 is 10.3 Å². The third-order valence-corrected chi connectivity index (χ3v) is 3.35. The minimum Gasteiger partial charge on any atom is -0.369 e. The van der Waals surface area contributed by atoms with Crippen LogP contribution in [0.3, 0.4) is 0 Å². The molecule has 5 heteroatoms.